The highest BCUT2D eigenvalue weighted by Gasteiger charge is 2.57. The average molecular weight is 389 g/mol. The Bertz CT molecular complexity index is 1100. The summed E-state index contributed by atoms with van der Waals surface area (Å²) in [5.74, 6) is 0.839. The highest BCUT2D eigenvalue weighted by Crippen LogP contribution is 2.50. The Kier molecular flexibility index (Phi) is 4.19. The van der Waals surface area contributed by atoms with Crippen LogP contribution in [0.25, 0.3) is 10.9 Å². The van der Waals surface area contributed by atoms with Gasteiger partial charge in [-0.25, -0.2) is 0 Å². The van der Waals surface area contributed by atoms with Gasteiger partial charge in [0, 0.05) is 35.9 Å². The molecule has 0 saturated carbocycles. The first kappa shape index (κ1) is 18.6. The average Bonchev–Trinajstić information content (AvgIpc) is 2.70. The van der Waals surface area contributed by atoms with Crippen molar-refractivity contribution in [3.05, 3.63) is 70.9 Å². The number of rotatable bonds is 2. The first-order valence-electron chi connectivity index (χ1n) is 10.4. The zero-order valence-electron chi connectivity index (χ0n) is 17.4. The molecule has 2 heterocycles. The number of aryl methyl sites for hydroxylation is 1. The summed E-state index contributed by atoms with van der Waals surface area (Å²) in [6, 6.07) is 16.9. The molecular weight excluding hydrogens is 360 g/mol. The molecule has 3 aromatic rings. The van der Waals surface area contributed by atoms with Gasteiger partial charge in [0.1, 0.15) is 5.75 Å². The Balaban J connectivity index is 1.70. The summed E-state index contributed by atoms with van der Waals surface area (Å²) in [6.07, 6.45) is 2.28. The van der Waals surface area contributed by atoms with Gasteiger partial charge in [-0.1, -0.05) is 24.3 Å². The number of ether oxygens (including phenoxy) is 1. The van der Waals surface area contributed by atoms with E-state index in [1.54, 1.807) is 7.11 Å². The molecule has 0 radical (unpaired) electrons. The smallest absolute Gasteiger partial charge is 0.119 e. The second-order valence-corrected chi connectivity index (χ2v) is 8.98. The molecule has 4 nitrogen and oxygen atoms in total. The molecule has 0 unspecified atom stereocenters. The van der Waals surface area contributed by atoms with E-state index >= 15 is 0 Å². The Hall–Kier alpha value is -2.43. The number of piperidine rings is 1. The SMILES string of the molecule is COc1cccc([C@@]23CCN(C)C[C@@]2(O)Cc2cc4ccc(C)cc4nc2C3)c1. The third kappa shape index (κ3) is 2.85. The van der Waals surface area contributed by atoms with E-state index in [0.717, 1.165) is 47.3 Å². The largest absolute Gasteiger partial charge is 0.497 e. The minimum Gasteiger partial charge on any atom is -0.497 e. The predicted molar refractivity (Wildman–Crippen MR) is 116 cm³/mol. The van der Waals surface area contributed by atoms with Crippen LogP contribution in [0.15, 0.2) is 48.5 Å². The lowest BCUT2D eigenvalue weighted by Gasteiger charge is -2.56. The molecule has 1 fully saturated rings. The molecule has 150 valence electrons. The van der Waals surface area contributed by atoms with Crippen LogP contribution in [0.4, 0.5) is 0 Å². The zero-order chi connectivity index (χ0) is 20.2. The molecule has 0 bridgehead atoms. The molecule has 2 aliphatic rings. The molecule has 5 rings (SSSR count). The normalized spacial score (nSPS) is 26.8. The summed E-state index contributed by atoms with van der Waals surface area (Å²) >= 11 is 0. The van der Waals surface area contributed by atoms with Crippen LogP contribution in [0.2, 0.25) is 0 Å². The highest BCUT2D eigenvalue weighted by atomic mass is 16.5. The number of β-amino-alcohol motifs (C(OH)–C–C–N with tert-alkyl or cyclic N) is 1. The Morgan fingerprint density at radius 3 is 2.79 bits per heavy atom. The number of benzene rings is 2. The molecule has 29 heavy (non-hydrogen) atoms. The third-order valence-electron chi connectivity index (χ3n) is 7.06. The third-order valence-corrected chi connectivity index (χ3v) is 7.06. The monoisotopic (exact) mass is 388 g/mol. The van der Waals surface area contributed by atoms with Gasteiger partial charge in [0.15, 0.2) is 0 Å². The maximum atomic E-state index is 12.1. The Morgan fingerprint density at radius 1 is 1.10 bits per heavy atom. The van der Waals surface area contributed by atoms with Gasteiger partial charge < -0.3 is 14.7 Å². The summed E-state index contributed by atoms with van der Waals surface area (Å²) in [5, 5.41) is 13.2. The topological polar surface area (TPSA) is 45.6 Å². The van der Waals surface area contributed by atoms with Crippen LogP contribution in [0.3, 0.4) is 0 Å². The van der Waals surface area contributed by atoms with E-state index in [0.29, 0.717) is 13.0 Å². The van der Waals surface area contributed by atoms with E-state index in [1.165, 1.54) is 11.1 Å². The minimum absolute atomic E-state index is 0.356. The molecule has 0 amide bonds. The molecule has 1 aromatic heterocycles. The summed E-state index contributed by atoms with van der Waals surface area (Å²) in [7, 11) is 3.80. The number of hydrogen-bond donors (Lipinski definition) is 1. The van der Waals surface area contributed by atoms with Crippen molar-refractivity contribution in [2.45, 2.75) is 37.2 Å². The van der Waals surface area contributed by atoms with Gasteiger partial charge in [0.25, 0.3) is 0 Å². The number of pyridine rings is 1. The molecule has 2 aromatic carbocycles. The molecule has 2 atom stereocenters. The van der Waals surface area contributed by atoms with E-state index in [2.05, 4.69) is 55.3 Å². The number of likely N-dealkylation sites (tertiary alicyclic amines) is 1. The van der Waals surface area contributed by atoms with Crippen LogP contribution >= 0.6 is 0 Å². The van der Waals surface area contributed by atoms with Crippen molar-refractivity contribution in [3.8, 4) is 5.75 Å². The first-order valence-corrected chi connectivity index (χ1v) is 10.4. The van der Waals surface area contributed by atoms with Crippen molar-refractivity contribution in [2.75, 3.05) is 27.2 Å². The number of fused-ring (bicyclic) bond motifs is 3. The number of hydrogen-bond acceptors (Lipinski definition) is 4. The lowest BCUT2D eigenvalue weighted by Crippen LogP contribution is -2.66. The quantitative estimate of drug-likeness (QED) is 0.728. The van der Waals surface area contributed by atoms with Crippen molar-refractivity contribution in [2.24, 2.45) is 0 Å². The maximum absolute atomic E-state index is 12.1. The lowest BCUT2D eigenvalue weighted by molar-refractivity contribution is -0.0976. The van der Waals surface area contributed by atoms with E-state index in [9.17, 15) is 5.11 Å². The van der Waals surface area contributed by atoms with Crippen molar-refractivity contribution in [1.29, 1.82) is 0 Å². The van der Waals surface area contributed by atoms with Gasteiger partial charge in [-0.05, 0) is 67.9 Å². The predicted octanol–water partition coefficient (Wildman–Crippen LogP) is 3.66. The van der Waals surface area contributed by atoms with Crippen LogP contribution < -0.4 is 4.74 Å². The second kappa shape index (κ2) is 6.54. The number of aromatic nitrogens is 1. The van der Waals surface area contributed by atoms with Gasteiger partial charge in [-0.2, -0.15) is 0 Å². The van der Waals surface area contributed by atoms with E-state index < -0.39 is 5.60 Å². The summed E-state index contributed by atoms with van der Waals surface area (Å²) in [5.41, 5.74) is 4.54. The zero-order valence-corrected chi connectivity index (χ0v) is 17.4. The Labute approximate surface area is 172 Å². The van der Waals surface area contributed by atoms with Crippen LogP contribution in [-0.4, -0.2) is 47.8 Å². The van der Waals surface area contributed by atoms with Gasteiger partial charge in [0.2, 0.25) is 0 Å². The number of methoxy groups -OCH3 is 1. The highest BCUT2D eigenvalue weighted by molar-refractivity contribution is 5.80. The van der Waals surface area contributed by atoms with E-state index in [1.807, 2.05) is 12.1 Å². The number of likely N-dealkylation sites (N-methyl/N-ethyl adjacent to an activating group) is 1. The van der Waals surface area contributed by atoms with Crippen LogP contribution in [0, 0.1) is 6.92 Å². The van der Waals surface area contributed by atoms with Gasteiger partial charge in [-0.15, -0.1) is 0 Å². The standard InChI is InChI=1S/C25H28N2O2/c1-17-7-8-18-12-19-14-25(28)16-27(2)10-9-24(25,15-23(19)26-22(18)11-17)20-5-4-6-21(13-20)29-3/h4-8,11-13,28H,9-10,14-16H2,1-3H3/t24-,25-/m0/s1. The number of nitrogens with zero attached hydrogens (tertiary/aromatic N) is 2. The minimum atomic E-state index is -0.834. The van der Waals surface area contributed by atoms with Crippen LogP contribution in [0.5, 0.6) is 5.75 Å². The fraction of sp³-hybridized carbons (Fsp3) is 0.400. The van der Waals surface area contributed by atoms with Gasteiger partial charge in [-0.3, -0.25) is 4.98 Å². The molecule has 1 aliphatic carbocycles. The fourth-order valence-corrected chi connectivity index (χ4v) is 5.47. The van der Waals surface area contributed by atoms with Crippen LogP contribution in [0.1, 0.15) is 28.8 Å². The van der Waals surface area contributed by atoms with Crippen molar-refractivity contribution in [1.82, 2.24) is 9.88 Å². The van der Waals surface area contributed by atoms with Crippen LogP contribution in [-0.2, 0) is 18.3 Å². The summed E-state index contributed by atoms with van der Waals surface area (Å²) in [6.45, 7) is 3.73. The van der Waals surface area contributed by atoms with Gasteiger partial charge >= 0.3 is 0 Å². The van der Waals surface area contributed by atoms with Gasteiger partial charge in [0.05, 0.1) is 18.2 Å². The first-order chi connectivity index (χ1) is 13.9. The summed E-state index contributed by atoms with van der Waals surface area (Å²) in [4.78, 5) is 7.33. The van der Waals surface area contributed by atoms with E-state index in [4.69, 9.17) is 9.72 Å². The second-order valence-electron chi connectivity index (χ2n) is 8.98. The molecule has 1 aliphatic heterocycles. The molecule has 0 spiro atoms. The Morgan fingerprint density at radius 2 is 1.97 bits per heavy atom. The summed E-state index contributed by atoms with van der Waals surface area (Å²) < 4.78 is 5.51. The lowest BCUT2D eigenvalue weighted by atomic mass is 9.56. The molecule has 1 saturated heterocycles. The number of aliphatic hydroxyl groups is 1. The fourth-order valence-electron chi connectivity index (χ4n) is 5.47. The van der Waals surface area contributed by atoms with Crippen molar-refractivity contribution >= 4 is 10.9 Å². The van der Waals surface area contributed by atoms with Crippen molar-refractivity contribution < 1.29 is 9.84 Å². The molecular formula is C25H28N2O2. The molecule has 4 heteroatoms. The maximum Gasteiger partial charge on any atom is 0.119 e. The molecule has 1 N–H and O–H groups in total. The van der Waals surface area contributed by atoms with E-state index in [-0.39, 0.29) is 5.41 Å². The van der Waals surface area contributed by atoms with Crippen molar-refractivity contribution in [3.63, 3.8) is 0 Å².